The number of rotatable bonds is 4. The minimum absolute atomic E-state index is 0.0418. The lowest BCUT2D eigenvalue weighted by atomic mass is 10.0. The van der Waals surface area contributed by atoms with Crippen LogP contribution in [0.3, 0.4) is 0 Å². The molecule has 1 N–H and O–H groups in total. The summed E-state index contributed by atoms with van der Waals surface area (Å²) in [5, 5.41) is 2.90. The maximum absolute atomic E-state index is 12.2. The minimum Gasteiger partial charge on any atom is -0.350 e. The molecule has 0 aromatic rings. The Balaban J connectivity index is 2.36. The van der Waals surface area contributed by atoms with E-state index >= 15 is 0 Å². The largest absolute Gasteiger partial charge is 0.350 e. The molecule has 1 heterocycles. The van der Waals surface area contributed by atoms with Crippen molar-refractivity contribution in [2.45, 2.75) is 46.1 Å². The van der Waals surface area contributed by atoms with Gasteiger partial charge in [0.2, 0.25) is 11.8 Å². The number of piperidine rings is 1. The van der Waals surface area contributed by atoms with Gasteiger partial charge in [-0.2, -0.15) is 0 Å². The molecule has 2 amide bonds. The topological polar surface area (TPSA) is 52.7 Å². The third-order valence-electron chi connectivity index (χ3n) is 3.34. The zero-order chi connectivity index (χ0) is 15.3. The van der Waals surface area contributed by atoms with Gasteiger partial charge in [-0.3, -0.25) is 14.5 Å². The van der Waals surface area contributed by atoms with Crippen LogP contribution in [0.1, 0.15) is 40.5 Å². The smallest absolute Gasteiger partial charge is 0.236 e. The summed E-state index contributed by atoms with van der Waals surface area (Å²) in [7, 11) is 1.81. The Labute approximate surface area is 122 Å². The fourth-order valence-corrected chi connectivity index (χ4v) is 2.51. The molecule has 20 heavy (non-hydrogen) atoms. The van der Waals surface area contributed by atoms with Crippen LogP contribution in [0.2, 0.25) is 0 Å². The van der Waals surface area contributed by atoms with E-state index in [1.54, 1.807) is 4.90 Å². The average Bonchev–Trinajstić information content (AvgIpc) is 2.25. The molecule has 5 heteroatoms. The summed E-state index contributed by atoms with van der Waals surface area (Å²) in [4.78, 5) is 27.7. The summed E-state index contributed by atoms with van der Waals surface area (Å²) >= 11 is 0. The molecule has 0 radical (unpaired) electrons. The second-order valence-electron chi connectivity index (χ2n) is 7.06. The molecular weight excluding hydrogens is 254 g/mol. The molecule has 1 atom stereocenters. The molecule has 116 valence electrons. The number of amides is 2. The predicted octanol–water partition coefficient (Wildman–Crippen LogP) is 1.09. The van der Waals surface area contributed by atoms with Crippen molar-refractivity contribution in [1.29, 1.82) is 0 Å². The van der Waals surface area contributed by atoms with Gasteiger partial charge in [0.25, 0.3) is 0 Å². The van der Waals surface area contributed by atoms with Gasteiger partial charge in [0.1, 0.15) is 0 Å². The highest BCUT2D eigenvalue weighted by Crippen LogP contribution is 2.15. The first-order chi connectivity index (χ1) is 9.17. The molecule has 0 aromatic heterocycles. The lowest BCUT2D eigenvalue weighted by Crippen LogP contribution is -2.48. The Hall–Kier alpha value is -1.10. The van der Waals surface area contributed by atoms with Gasteiger partial charge >= 0.3 is 0 Å². The Morgan fingerprint density at radius 2 is 1.95 bits per heavy atom. The highest BCUT2D eigenvalue weighted by Gasteiger charge is 2.22. The zero-order valence-corrected chi connectivity index (χ0v) is 13.5. The van der Waals surface area contributed by atoms with E-state index in [-0.39, 0.29) is 23.9 Å². The van der Waals surface area contributed by atoms with Crippen molar-refractivity contribution >= 4 is 11.8 Å². The van der Waals surface area contributed by atoms with Crippen LogP contribution in [0.4, 0.5) is 0 Å². The molecule has 5 nitrogen and oxygen atoms in total. The highest BCUT2D eigenvalue weighted by molar-refractivity contribution is 5.81. The van der Waals surface area contributed by atoms with Crippen molar-refractivity contribution in [2.75, 3.05) is 33.2 Å². The molecule has 0 unspecified atom stereocenters. The third kappa shape index (κ3) is 6.37. The molecule has 1 saturated heterocycles. The maximum atomic E-state index is 12.2. The molecule has 1 aliphatic heterocycles. The number of hydrogen-bond acceptors (Lipinski definition) is 3. The standard InChI is InChI=1S/C15H29N3O2/c1-12-7-6-8-18(9-12)14(20)11-17(5)10-13(19)16-15(2,3)4/h12H,6-11H2,1-5H3,(H,16,19)/t12-/m1/s1. The normalized spacial score (nSPS) is 20.1. The molecule has 1 fully saturated rings. The summed E-state index contributed by atoms with van der Waals surface area (Å²) in [5.74, 6) is 0.671. The Morgan fingerprint density at radius 3 is 2.50 bits per heavy atom. The summed E-state index contributed by atoms with van der Waals surface area (Å²) < 4.78 is 0. The quantitative estimate of drug-likeness (QED) is 0.840. The molecule has 0 aliphatic carbocycles. The van der Waals surface area contributed by atoms with Crippen molar-refractivity contribution in [3.8, 4) is 0 Å². The van der Waals surface area contributed by atoms with Crippen molar-refractivity contribution in [1.82, 2.24) is 15.1 Å². The lowest BCUT2D eigenvalue weighted by Gasteiger charge is -2.32. The van der Waals surface area contributed by atoms with E-state index in [2.05, 4.69) is 12.2 Å². The maximum Gasteiger partial charge on any atom is 0.236 e. The van der Waals surface area contributed by atoms with Gasteiger partial charge in [-0.25, -0.2) is 0 Å². The van der Waals surface area contributed by atoms with E-state index in [9.17, 15) is 9.59 Å². The van der Waals surface area contributed by atoms with Crippen LogP contribution in [0.15, 0.2) is 0 Å². The number of hydrogen-bond donors (Lipinski definition) is 1. The summed E-state index contributed by atoms with van der Waals surface area (Å²) in [5.41, 5.74) is -0.232. The number of carbonyl (C=O) groups is 2. The summed E-state index contributed by atoms with van der Waals surface area (Å²) in [6.07, 6.45) is 2.29. The van der Waals surface area contributed by atoms with E-state index in [1.807, 2.05) is 32.7 Å². The summed E-state index contributed by atoms with van der Waals surface area (Å²) in [6.45, 7) is 10.3. The van der Waals surface area contributed by atoms with E-state index in [0.29, 0.717) is 12.5 Å². The van der Waals surface area contributed by atoms with Crippen LogP contribution in [-0.4, -0.2) is 60.4 Å². The van der Waals surface area contributed by atoms with Gasteiger partial charge in [0, 0.05) is 18.6 Å². The molecular formula is C15H29N3O2. The minimum atomic E-state index is -0.232. The van der Waals surface area contributed by atoms with E-state index in [4.69, 9.17) is 0 Å². The number of likely N-dealkylation sites (N-methyl/N-ethyl adjacent to an activating group) is 1. The molecule has 1 rings (SSSR count). The Kier molecular flexibility index (Phi) is 5.99. The lowest BCUT2D eigenvalue weighted by molar-refractivity contribution is -0.134. The first kappa shape index (κ1) is 17.0. The van der Waals surface area contributed by atoms with E-state index in [1.165, 1.54) is 6.42 Å². The Morgan fingerprint density at radius 1 is 1.30 bits per heavy atom. The first-order valence-electron chi connectivity index (χ1n) is 7.44. The van der Waals surface area contributed by atoms with Crippen LogP contribution in [0.25, 0.3) is 0 Å². The van der Waals surface area contributed by atoms with E-state index < -0.39 is 0 Å². The highest BCUT2D eigenvalue weighted by atomic mass is 16.2. The third-order valence-corrected chi connectivity index (χ3v) is 3.34. The molecule has 1 aliphatic rings. The molecule has 0 bridgehead atoms. The van der Waals surface area contributed by atoms with Crippen molar-refractivity contribution < 1.29 is 9.59 Å². The SMILES string of the molecule is C[C@@H]1CCCN(C(=O)CN(C)CC(=O)NC(C)(C)C)C1. The van der Waals surface area contributed by atoms with Gasteiger partial charge in [0.05, 0.1) is 13.1 Å². The molecule has 0 aromatic carbocycles. The second kappa shape index (κ2) is 7.07. The number of nitrogens with zero attached hydrogens (tertiary/aromatic N) is 2. The first-order valence-corrected chi connectivity index (χ1v) is 7.44. The zero-order valence-electron chi connectivity index (χ0n) is 13.5. The Bertz CT molecular complexity index is 350. The fraction of sp³-hybridized carbons (Fsp3) is 0.867. The monoisotopic (exact) mass is 283 g/mol. The molecule has 0 saturated carbocycles. The van der Waals surface area contributed by atoms with Gasteiger partial charge in [0.15, 0.2) is 0 Å². The number of nitrogens with one attached hydrogen (secondary N) is 1. The summed E-state index contributed by atoms with van der Waals surface area (Å²) in [6, 6.07) is 0. The predicted molar refractivity (Wildman–Crippen MR) is 80.4 cm³/mol. The average molecular weight is 283 g/mol. The fourth-order valence-electron chi connectivity index (χ4n) is 2.51. The van der Waals surface area contributed by atoms with Crippen molar-refractivity contribution in [3.63, 3.8) is 0 Å². The van der Waals surface area contributed by atoms with Gasteiger partial charge in [-0.1, -0.05) is 6.92 Å². The van der Waals surface area contributed by atoms with Crippen LogP contribution in [0, 0.1) is 5.92 Å². The second-order valence-corrected chi connectivity index (χ2v) is 7.06. The van der Waals surface area contributed by atoms with Crippen LogP contribution in [0.5, 0.6) is 0 Å². The molecule has 0 spiro atoms. The van der Waals surface area contributed by atoms with Gasteiger partial charge in [-0.05, 0) is 46.6 Å². The van der Waals surface area contributed by atoms with Gasteiger partial charge < -0.3 is 10.2 Å². The van der Waals surface area contributed by atoms with Gasteiger partial charge in [-0.15, -0.1) is 0 Å². The van der Waals surface area contributed by atoms with Crippen LogP contribution < -0.4 is 5.32 Å². The van der Waals surface area contributed by atoms with Crippen LogP contribution >= 0.6 is 0 Å². The van der Waals surface area contributed by atoms with E-state index in [0.717, 1.165) is 19.5 Å². The van der Waals surface area contributed by atoms with Crippen molar-refractivity contribution in [3.05, 3.63) is 0 Å². The number of carbonyl (C=O) groups excluding carboxylic acids is 2. The van der Waals surface area contributed by atoms with Crippen molar-refractivity contribution in [2.24, 2.45) is 5.92 Å². The number of likely N-dealkylation sites (tertiary alicyclic amines) is 1. The van der Waals surface area contributed by atoms with Crippen LogP contribution in [-0.2, 0) is 9.59 Å².